The Morgan fingerprint density at radius 3 is 2.47 bits per heavy atom. The average molecular weight is 638 g/mol. The smallest absolute Gasteiger partial charge is 0.387 e. The van der Waals surface area contributed by atoms with Crippen molar-refractivity contribution in [2.45, 2.75) is 38.5 Å². The molecule has 0 saturated carbocycles. The van der Waals surface area contributed by atoms with E-state index in [1.54, 1.807) is 4.90 Å². The molecule has 3 aromatic rings. The first-order valence-corrected chi connectivity index (χ1v) is 13.9. The molecule has 1 aliphatic rings. The first kappa shape index (κ1) is 33.2. The second-order valence-electron chi connectivity index (χ2n) is 9.81. The van der Waals surface area contributed by atoms with Gasteiger partial charge in [-0.25, -0.2) is 13.8 Å². The van der Waals surface area contributed by atoms with Gasteiger partial charge in [0, 0.05) is 36.7 Å². The summed E-state index contributed by atoms with van der Waals surface area (Å²) in [5, 5.41) is 2.24. The van der Waals surface area contributed by atoms with Gasteiger partial charge in [-0.2, -0.15) is 8.78 Å². The first-order valence-electron chi connectivity index (χ1n) is 13.9. The molecule has 3 amide bonds. The molecule has 1 aromatic heterocycles. The van der Waals surface area contributed by atoms with Gasteiger partial charge in [-0.15, -0.1) is 0 Å². The van der Waals surface area contributed by atoms with Gasteiger partial charge in [-0.3, -0.25) is 14.4 Å². The van der Waals surface area contributed by atoms with Crippen molar-refractivity contribution in [1.82, 2.24) is 15.2 Å². The minimum atomic E-state index is -3.14. The van der Waals surface area contributed by atoms with Crippen molar-refractivity contribution in [2.75, 3.05) is 32.9 Å². The molecule has 2 aromatic carbocycles. The largest absolute Gasteiger partial charge is 0.490 e. The molecule has 12 nitrogen and oxygen atoms in total. The van der Waals surface area contributed by atoms with Gasteiger partial charge in [0.25, 0.3) is 5.91 Å². The molecule has 4 rings (SSSR count). The van der Waals surface area contributed by atoms with Crippen molar-refractivity contribution in [2.24, 2.45) is 11.5 Å². The predicted octanol–water partition coefficient (Wildman–Crippen LogP) is 3.04. The molecule has 1 aliphatic heterocycles. The number of nitrogens with two attached hydrogens (primary N) is 2. The van der Waals surface area contributed by atoms with Gasteiger partial charge in [0.2, 0.25) is 17.7 Å². The van der Waals surface area contributed by atoms with Crippen LogP contribution in [0.3, 0.4) is 0 Å². The molecule has 0 radical (unpaired) electrons. The number of ether oxygens (including phenoxy) is 3. The number of carbonyl (C=O) groups is 3. The quantitative estimate of drug-likeness (QED) is 0.177. The highest BCUT2D eigenvalue weighted by atomic mass is 19.3. The summed E-state index contributed by atoms with van der Waals surface area (Å²) in [5.41, 5.74) is 10.5. The fraction of sp³-hybridized carbons (Fsp3) is 0.379. The van der Waals surface area contributed by atoms with E-state index in [9.17, 15) is 31.9 Å². The Bertz CT molecular complexity index is 1510. The Morgan fingerprint density at radius 1 is 1.04 bits per heavy atom. The van der Waals surface area contributed by atoms with Crippen LogP contribution in [0.5, 0.6) is 11.5 Å². The molecule has 1 atom stereocenters. The summed E-state index contributed by atoms with van der Waals surface area (Å²) >= 11 is 0. The second-order valence-corrected chi connectivity index (χ2v) is 9.81. The average Bonchev–Trinajstić information content (AvgIpc) is 3.45. The first-order chi connectivity index (χ1) is 21.6. The number of primary amides is 1. The van der Waals surface area contributed by atoms with Crippen LogP contribution in [0.15, 0.2) is 40.8 Å². The zero-order valence-corrected chi connectivity index (χ0v) is 23.9. The third kappa shape index (κ3) is 8.69. The van der Waals surface area contributed by atoms with Crippen LogP contribution in [0.1, 0.15) is 47.1 Å². The Kier molecular flexibility index (Phi) is 11.3. The van der Waals surface area contributed by atoms with Crippen LogP contribution in [0.25, 0.3) is 11.5 Å². The van der Waals surface area contributed by atoms with E-state index in [0.29, 0.717) is 45.2 Å². The molecular formula is C29H31F4N5O7. The van der Waals surface area contributed by atoms with E-state index in [-0.39, 0.29) is 65.5 Å². The molecule has 0 aliphatic carbocycles. The minimum Gasteiger partial charge on any atom is -0.490 e. The van der Waals surface area contributed by atoms with Gasteiger partial charge in [0.1, 0.15) is 17.7 Å². The number of unbranched alkanes of at least 4 members (excludes halogenated alkanes) is 1. The highest BCUT2D eigenvalue weighted by molar-refractivity contribution is 5.97. The van der Waals surface area contributed by atoms with Crippen molar-refractivity contribution in [1.29, 1.82) is 0 Å². The van der Waals surface area contributed by atoms with E-state index >= 15 is 0 Å². The molecule has 45 heavy (non-hydrogen) atoms. The van der Waals surface area contributed by atoms with Crippen LogP contribution in [0, 0.1) is 11.6 Å². The lowest BCUT2D eigenvalue weighted by atomic mass is 10.1. The number of amides is 3. The molecular weight excluding hydrogens is 606 g/mol. The van der Waals surface area contributed by atoms with Gasteiger partial charge >= 0.3 is 6.61 Å². The maximum absolute atomic E-state index is 14.3. The minimum absolute atomic E-state index is 0.00795. The number of alkyl halides is 2. The SMILES string of the molecule is NCc1oc(-c2ccc(OC(F)F)c(OCCCCC(=O)N3CCOCC3)c2)nc1C(=O)NC(C(N)=O)c1ccc(F)cc1F. The summed E-state index contributed by atoms with van der Waals surface area (Å²) in [4.78, 5) is 43.3. The van der Waals surface area contributed by atoms with Crippen LogP contribution in [0.4, 0.5) is 17.6 Å². The maximum atomic E-state index is 14.3. The monoisotopic (exact) mass is 637 g/mol. The number of benzene rings is 2. The molecule has 16 heteroatoms. The van der Waals surface area contributed by atoms with Crippen LogP contribution in [-0.4, -0.2) is 67.1 Å². The topological polar surface area (TPSA) is 172 Å². The fourth-order valence-corrected chi connectivity index (χ4v) is 4.51. The molecule has 1 saturated heterocycles. The van der Waals surface area contributed by atoms with E-state index in [1.807, 2.05) is 0 Å². The Balaban J connectivity index is 1.48. The molecule has 0 bridgehead atoms. The zero-order chi connectivity index (χ0) is 32.5. The summed E-state index contributed by atoms with van der Waals surface area (Å²) in [6.45, 7) is -1.34. The third-order valence-corrected chi connectivity index (χ3v) is 6.74. The number of aromatic nitrogens is 1. The highest BCUT2D eigenvalue weighted by Gasteiger charge is 2.28. The number of nitrogens with zero attached hydrogens (tertiary/aromatic N) is 2. The van der Waals surface area contributed by atoms with Crippen molar-refractivity contribution >= 4 is 17.7 Å². The highest BCUT2D eigenvalue weighted by Crippen LogP contribution is 2.34. The van der Waals surface area contributed by atoms with E-state index in [4.69, 9.17) is 25.4 Å². The lowest BCUT2D eigenvalue weighted by Crippen LogP contribution is -2.40. The molecule has 2 heterocycles. The molecule has 242 valence electrons. The Morgan fingerprint density at radius 2 is 1.80 bits per heavy atom. The van der Waals surface area contributed by atoms with E-state index in [1.165, 1.54) is 18.2 Å². The summed E-state index contributed by atoms with van der Waals surface area (Å²) < 4.78 is 74.9. The van der Waals surface area contributed by atoms with Gasteiger partial charge in [0.05, 0.1) is 26.4 Å². The fourth-order valence-electron chi connectivity index (χ4n) is 4.51. The standard InChI is InChI=1S/C29H31F4N5O7/c30-17-5-6-18(19(31)14-17)24(26(35)40)36-27(41)25-22(15-34)44-28(37-25)16-4-7-20(45-29(32)33)21(13-16)43-10-2-1-3-23(39)38-8-11-42-12-9-38/h4-7,13-14,24,29H,1-3,8-12,15,34H2,(H2,35,40)(H,36,41). The predicted molar refractivity (Wildman–Crippen MR) is 149 cm³/mol. The van der Waals surface area contributed by atoms with Crippen molar-refractivity contribution in [3.8, 4) is 23.0 Å². The van der Waals surface area contributed by atoms with Crippen molar-refractivity contribution < 1.29 is 50.6 Å². The summed E-state index contributed by atoms with van der Waals surface area (Å²) in [5.74, 6) is -4.78. The summed E-state index contributed by atoms with van der Waals surface area (Å²) in [7, 11) is 0. The van der Waals surface area contributed by atoms with Gasteiger partial charge < -0.3 is 40.3 Å². The molecule has 1 fully saturated rings. The van der Waals surface area contributed by atoms with E-state index in [0.717, 1.165) is 12.1 Å². The number of hydrogen-bond donors (Lipinski definition) is 3. The van der Waals surface area contributed by atoms with E-state index in [2.05, 4.69) is 15.0 Å². The van der Waals surface area contributed by atoms with Crippen molar-refractivity contribution in [3.63, 3.8) is 0 Å². The number of oxazole rings is 1. The van der Waals surface area contributed by atoms with E-state index < -0.39 is 36.1 Å². The van der Waals surface area contributed by atoms with Crippen LogP contribution in [-0.2, 0) is 20.9 Å². The maximum Gasteiger partial charge on any atom is 0.387 e. The number of morpholine rings is 1. The summed E-state index contributed by atoms with van der Waals surface area (Å²) in [6, 6.07) is 4.55. The van der Waals surface area contributed by atoms with Gasteiger partial charge in [-0.1, -0.05) is 6.07 Å². The molecule has 0 spiro atoms. The lowest BCUT2D eigenvalue weighted by Gasteiger charge is -2.26. The number of rotatable bonds is 14. The second kappa shape index (κ2) is 15.3. The molecule has 1 unspecified atom stereocenters. The lowest BCUT2D eigenvalue weighted by molar-refractivity contribution is -0.135. The Labute approximate surface area is 254 Å². The van der Waals surface area contributed by atoms with Gasteiger partial charge in [-0.05, 0) is 37.1 Å². The normalized spacial score (nSPS) is 13.9. The number of nitrogens with one attached hydrogen (secondary N) is 1. The van der Waals surface area contributed by atoms with Crippen LogP contribution < -0.4 is 26.3 Å². The van der Waals surface area contributed by atoms with Gasteiger partial charge in [0.15, 0.2) is 23.0 Å². The molecule has 5 N–H and O–H groups in total. The number of hydrogen-bond acceptors (Lipinski definition) is 9. The number of carbonyl (C=O) groups excluding carboxylic acids is 3. The third-order valence-electron chi connectivity index (χ3n) is 6.74. The van der Waals surface area contributed by atoms with Crippen molar-refractivity contribution in [3.05, 3.63) is 65.1 Å². The summed E-state index contributed by atoms with van der Waals surface area (Å²) in [6.07, 6.45) is 1.22. The zero-order valence-electron chi connectivity index (χ0n) is 23.9. The van der Waals surface area contributed by atoms with Crippen LogP contribution in [0.2, 0.25) is 0 Å². The Hall–Kier alpha value is -4.70. The number of halogens is 4. The van der Waals surface area contributed by atoms with Crippen LogP contribution >= 0.6 is 0 Å².